The number of imide groups is 1. The first kappa shape index (κ1) is 25.3. The molecule has 12 heteroatoms. The van der Waals surface area contributed by atoms with E-state index < -0.39 is 30.4 Å². The van der Waals surface area contributed by atoms with Gasteiger partial charge in [-0.05, 0) is 31.2 Å². The van der Waals surface area contributed by atoms with Gasteiger partial charge in [0.25, 0.3) is 11.5 Å². The van der Waals surface area contributed by atoms with Gasteiger partial charge < -0.3 is 15.8 Å². The Hall–Kier alpha value is -4.32. The van der Waals surface area contributed by atoms with Crippen molar-refractivity contribution in [1.82, 2.24) is 14.7 Å². The van der Waals surface area contributed by atoms with Crippen LogP contribution in [0.4, 0.5) is 10.5 Å². The van der Waals surface area contributed by atoms with E-state index in [0.29, 0.717) is 16.3 Å². The van der Waals surface area contributed by atoms with Gasteiger partial charge in [0, 0.05) is 11.9 Å². The summed E-state index contributed by atoms with van der Waals surface area (Å²) >= 11 is 1.06. The van der Waals surface area contributed by atoms with E-state index in [4.69, 9.17) is 10.5 Å². The van der Waals surface area contributed by atoms with Crippen molar-refractivity contribution in [1.29, 1.82) is 0 Å². The molecular formula is C23H23N5O6S. The Kier molecular flexibility index (Phi) is 8.10. The van der Waals surface area contributed by atoms with Crippen LogP contribution >= 0.6 is 11.8 Å². The number of nitrogens with one attached hydrogen (secondary N) is 2. The minimum Gasteiger partial charge on any atom is -0.452 e. The fourth-order valence-electron chi connectivity index (χ4n) is 3.17. The molecule has 0 aliphatic carbocycles. The highest BCUT2D eigenvalue weighted by atomic mass is 32.2. The van der Waals surface area contributed by atoms with E-state index in [1.54, 1.807) is 54.3 Å². The van der Waals surface area contributed by atoms with Crippen molar-refractivity contribution < 1.29 is 23.9 Å². The highest BCUT2D eigenvalue weighted by molar-refractivity contribution is 8.00. The Morgan fingerprint density at radius 3 is 2.34 bits per heavy atom. The molecule has 0 atom stereocenters. The number of rotatable bonds is 8. The summed E-state index contributed by atoms with van der Waals surface area (Å²) in [5.41, 5.74) is 6.01. The number of urea groups is 1. The van der Waals surface area contributed by atoms with Gasteiger partial charge in [-0.25, -0.2) is 14.3 Å². The lowest BCUT2D eigenvalue weighted by molar-refractivity contribution is -0.123. The summed E-state index contributed by atoms with van der Waals surface area (Å²) in [5.74, 6) is -2.21. The van der Waals surface area contributed by atoms with Crippen molar-refractivity contribution in [2.45, 2.75) is 11.8 Å². The predicted octanol–water partition coefficient (Wildman–Crippen LogP) is 1.57. The number of benzene rings is 2. The smallest absolute Gasteiger partial charge is 0.339 e. The number of hydrogen-bond donors (Lipinski definition) is 3. The molecule has 0 radical (unpaired) electrons. The number of ether oxygens (including phenoxy) is 1. The van der Waals surface area contributed by atoms with Gasteiger partial charge in [-0.2, -0.15) is 0 Å². The van der Waals surface area contributed by atoms with Gasteiger partial charge in [0.15, 0.2) is 6.61 Å². The zero-order valence-electron chi connectivity index (χ0n) is 18.9. The summed E-state index contributed by atoms with van der Waals surface area (Å²) in [6, 6.07) is 14.4. The minimum atomic E-state index is -1.06. The van der Waals surface area contributed by atoms with E-state index in [9.17, 15) is 24.0 Å². The minimum absolute atomic E-state index is 0.0917. The molecule has 1 aromatic heterocycles. The second-order valence-electron chi connectivity index (χ2n) is 7.26. The third kappa shape index (κ3) is 6.18. The fourth-order valence-corrected chi connectivity index (χ4v) is 4.01. The molecule has 0 spiro atoms. The zero-order chi connectivity index (χ0) is 25.5. The summed E-state index contributed by atoms with van der Waals surface area (Å²) in [4.78, 5) is 60.6. The summed E-state index contributed by atoms with van der Waals surface area (Å²) < 4.78 is 8.01. The van der Waals surface area contributed by atoms with Crippen LogP contribution in [0.3, 0.4) is 0 Å². The maximum atomic E-state index is 13.0. The van der Waals surface area contributed by atoms with Gasteiger partial charge in [0.1, 0.15) is 5.69 Å². The van der Waals surface area contributed by atoms with E-state index in [2.05, 4.69) is 5.32 Å². The molecule has 4 N–H and O–H groups in total. The molecule has 0 aliphatic rings. The van der Waals surface area contributed by atoms with Gasteiger partial charge in [0.2, 0.25) is 5.91 Å². The number of thioether (sulfide) groups is 1. The van der Waals surface area contributed by atoms with E-state index in [-0.39, 0.29) is 22.6 Å². The van der Waals surface area contributed by atoms with Crippen molar-refractivity contribution in [2.75, 3.05) is 17.7 Å². The van der Waals surface area contributed by atoms with Crippen LogP contribution in [-0.2, 0) is 21.4 Å². The quantitative estimate of drug-likeness (QED) is 0.315. The lowest BCUT2D eigenvalue weighted by Crippen LogP contribution is -2.37. The number of nitrogens with zero attached hydrogens (tertiary/aromatic N) is 2. The average molecular weight is 498 g/mol. The Morgan fingerprint density at radius 1 is 1.00 bits per heavy atom. The van der Waals surface area contributed by atoms with Crippen molar-refractivity contribution in [3.05, 3.63) is 76.2 Å². The monoisotopic (exact) mass is 497 g/mol. The molecule has 3 rings (SSSR count). The number of nitrogens with two attached hydrogens (primary N) is 1. The lowest BCUT2D eigenvalue weighted by atomic mass is 10.2. The predicted molar refractivity (Wildman–Crippen MR) is 130 cm³/mol. The van der Waals surface area contributed by atoms with Crippen LogP contribution in [0.25, 0.3) is 5.69 Å². The highest BCUT2D eigenvalue weighted by Crippen LogP contribution is 2.24. The first-order valence-electron chi connectivity index (χ1n) is 10.3. The number of carbonyl (C=O) groups excluding carboxylic acids is 4. The fraction of sp³-hybridized carbons (Fsp3) is 0.174. The standard InChI is InChI=1S/C23H23N5O6S/c1-14-20(21(31)28(27(14)2)15-8-4-3-5-9-15)25-19(30)13-35-17-11-7-6-10-16(17)22(32)34-12-18(29)26-23(24)33/h3-11H,12-13H2,1-2H3,(H,25,30)(H3,24,26,29,33). The molecule has 182 valence electrons. The SMILES string of the molecule is Cc1c(NC(=O)CSc2ccccc2C(=O)OCC(=O)NC(N)=O)c(=O)n(-c2ccccc2)n1C. The van der Waals surface area contributed by atoms with Crippen LogP contribution in [0.1, 0.15) is 16.1 Å². The highest BCUT2D eigenvalue weighted by Gasteiger charge is 2.20. The number of esters is 1. The maximum absolute atomic E-state index is 13.0. The number of primary amides is 1. The molecule has 0 fully saturated rings. The number of carbonyl (C=O) groups is 4. The third-order valence-electron chi connectivity index (χ3n) is 4.88. The number of hydrogen-bond acceptors (Lipinski definition) is 7. The van der Waals surface area contributed by atoms with Gasteiger partial charge in [-0.3, -0.25) is 24.4 Å². The molecule has 0 saturated heterocycles. The summed E-state index contributed by atoms with van der Waals surface area (Å²) in [5, 5.41) is 4.45. The topological polar surface area (TPSA) is 155 Å². The van der Waals surface area contributed by atoms with Crippen LogP contribution in [0.5, 0.6) is 0 Å². The first-order chi connectivity index (χ1) is 16.7. The van der Waals surface area contributed by atoms with E-state index >= 15 is 0 Å². The van der Waals surface area contributed by atoms with Crippen LogP contribution in [0, 0.1) is 6.92 Å². The Bertz CT molecular complexity index is 1330. The number of para-hydroxylation sites is 1. The maximum Gasteiger partial charge on any atom is 0.339 e. The zero-order valence-corrected chi connectivity index (χ0v) is 19.8. The Morgan fingerprint density at radius 2 is 1.66 bits per heavy atom. The van der Waals surface area contributed by atoms with Gasteiger partial charge in [0.05, 0.1) is 22.7 Å². The molecule has 0 bridgehead atoms. The second-order valence-corrected chi connectivity index (χ2v) is 8.28. The van der Waals surface area contributed by atoms with E-state index in [1.165, 1.54) is 10.7 Å². The average Bonchev–Trinajstić information content (AvgIpc) is 3.04. The summed E-state index contributed by atoms with van der Waals surface area (Å²) in [6.07, 6.45) is 0. The van der Waals surface area contributed by atoms with Crippen molar-refractivity contribution in [3.8, 4) is 5.69 Å². The molecule has 0 aliphatic heterocycles. The molecule has 4 amide bonds. The third-order valence-corrected chi connectivity index (χ3v) is 5.95. The van der Waals surface area contributed by atoms with Crippen molar-refractivity contribution >= 4 is 41.3 Å². The van der Waals surface area contributed by atoms with Crippen molar-refractivity contribution in [3.63, 3.8) is 0 Å². The summed E-state index contributed by atoms with van der Waals surface area (Å²) in [7, 11) is 1.72. The molecular weight excluding hydrogens is 474 g/mol. The largest absolute Gasteiger partial charge is 0.452 e. The number of amides is 4. The molecule has 0 saturated carbocycles. The molecule has 35 heavy (non-hydrogen) atoms. The molecule has 2 aromatic carbocycles. The molecule has 11 nitrogen and oxygen atoms in total. The first-order valence-corrected chi connectivity index (χ1v) is 11.3. The van der Waals surface area contributed by atoms with Crippen LogP contribution in [0.2, 0.25) is 0 Å². The normalized spacial score (nSPS) is 10.5. The van der Waals surface area contributed by atoms with Crippen molar-refractivity contribution in [2.24, 2.45) is 12.8 Å². The molecule has 3 aromatic rings. The van der Waals surface area contributed by atoms with Crippen LogP contribution < -0.4 is 21.9 Å². The van der Waals surface area contributed by atoms with Crippen LogP contribution in [-0.4, -0.2) is 45.5 Å². The van der Waals surface area contributed by atoms with Gasteiger partial charge >= 0.3 is 12.0 Å². The summed E-state index contributed by atoms with van der Waals surface area (Å²) in [6.45, 7) is 1.03. The van der Waals surface area contributed by atoms with E-state index in [1.807, 2.05) is 18.2 Å². The van der Waals surface area contributed by atoms with E-state index in [0.717, 1.165) is 11.8 Å². The molecule has 0 unspecified atom stereocenters. The Labute approximate surface area is 204 Å². The number of anilines is 1. The lowest BCUT2D eigenvalue weighted by Gasteiger charge is -2.09. The number of aromatic nitrogens is 2. The van der Waals surface area contributed by atoms with Gasteiger partial charge in [-0.15, -0.1) is 11.8 Å². The Balaban J connectivity index is 1.67. The molecule has 1 heterocycles. The van der Waals surface area contributed by atoms with Crippen LogP contribution in [0.15, 0.2) is 64.3 Å². The van der Waals surface area contributed by atoms with Gasteiger partial charge in [-0.1, -0.05) is 30.3 Å². The second kappa shape index (κ2) is 11.2.